The van der Waals surface area contributed by atoms with Gasteiger partial charge < -0.3 is 4.74 Å². The van der Waals surface area contributed by atoms with Gasteiger partial charge >= 0.3 is 0 Å². The van der Waals surface area contributed by atoms with Crippen LogP contribution in [0, 0.1) is 0 Å². The Kier molecular flexibility index (Phi) is 6.18. The molecular weight excluding hydrogens is 424 g/mol. The van der Waals surface area contributed by atoms with Crippen LogP contribution in [0.4, 0.5) is 5.69 Å². The first-order valence-electron chi connectivity index (χ1n) is 8.70. The lowest BCUT2D eigenvalue weighted by molar-refractivity contribution is 0.346. The van der Waals surface area contributed by atoms with Gasteiger partial charge in [-0.2, -0.15) is 4.31 Å². The van der Waals surface area contributed by atoms with Crippen molar-refractivity contribution in [2.24, 2.45) is 0 Å². The third-order valence-electron chi connectivity index (χ3n) is 4.47. The molecule has 1 aliphatic rings. The number of ether oxygens (including phenoxy) is 1. The molecule has 0 bridgehead atoms. The Hall–Kier alpha value is -1.81. The molecule has 1 saturated heterocycles. The molecule has 7 nitrogen and oxygen atoms in total. The topological polar surface area (TPSA) is 92.8 Å². The predicted octanol–water partition coefficient (Wildman–Crippen LogP) is 3.32. The van der Waals surface area contributed by atoms with Gasteiger partial charge in [0.25, 0.3) is 10.0 Å². The highest BCUT2D eigenvalue weighted by atomic mass is 35.5. The fourth-order valence-electron chi connectivity index (χ4n) is 3.02. The minimum atomic E-state index is -3.98. The number of hydrogen-bond acceptors (Lipinski definition) is 5. The highest BCUT2D eigenvalue weighted by molar-refractivity contribution is 7.92. The maximum absolute atomic E-state index is 12.9. The molecule has 0 aromatic heterocycles. The fraction of sp³-hybridized carbons (Fsp3) is 0.333. The van der Waals surface area contributed by atoms with E-state index in [2.05, 4.69) is 4.72 Å². The predicted molar refractivity (Wildman–Crippen MR) is 108 cm³/mol. The first-order chi connectivity index (χ1) is 13.2. The molecule has 0 saturated carbocycles. The summed E-state index contributed by atoms with van der Waals surface area (Å²) in [7, 11) is -6.31. The lowest BCUT2D eigenvalue weighted by Crippen LogP contribution is -2.35. The minimum Gasteiger partial charge on any atom is -0.495 e. The number of nitrogens with one attached hydrogen (secondary N) is 1. The zero-order valence-corrected chi connectivity index (χ0v) is 17.6. The van der Waals surface area contributed by atoms with Crippen LogP contribution in [0.25, 0.3) is 0 Å². The second-order valence-corrected chi connectivity index (χ2v) is 10.4. The second-order valence-electron chi connectivity index (χ2n) is 6.39. The highest BCUT2D eigenvalue weighted by Crippen LogP contribution is 2.31. The van der Waals surface area contributed by atoms with Gasteiger partial charge in [0.05, 0.1) is 22.6 Å². The van der Waals surface area contributed by atoms with E-state index in [9.17, 15) is 16.8 Å². The normalized spacial score (nSPS) is 15.9. The van der Waals surface area contributed by atoms with Gasteiger partial charge in [0.15, 0.2) is 0 Å². The van der Waals surface area contributed by atoms with E-state index >= 15 is 0 Å². The summed E-state index contributed by atoms with van der Waals surface area (Å²) in [6.45, 7) is 0.913. The Morgan fingerprint density at radius 3 is 2.32 bits per heavy atom. The van der Waals surface area contributed by atoms with Crippen LogP contribution in [-0.2, 0) is 20.0 Å². The molecule has 1 fully saturated rings. The molecule has 0 amide bonds. The van der Waals surface area contributed by atoms with Crippen molar-refractivity contribution in [2.75, 3.05) is 24.9 Å². The Labute approximate surface area is 170 Å². The number of sulfonamides is 2. The lowest BCUT2D eigenvalue weighted by atomic mass is 10.2. The lowest BCUT2D eigenvalue weighted by Gasteiger charge is -2.26. The number of hydrogen-bond donors (Lipinski definition) is 1. The summed E-state index contributed by atoms with van der Waals surface area (Å²) < 4.78 is 60.2. The Morgan fingerprint density at radius 2 is 1.68 bits per heavy atom. The number of nitrogens with zero attached hydrogens (tertiary/aromatic N) is 1. The van der Waals surface area contributed by atoms with Crippen LogP contribution >= 0.6 is 11.6 Å². The van der Waals surface area contributed by atoms with Crippen LogP contribution in [0.2, 0.25) is 5.02 Å². The van der Waals surface area contributed by atoms with Crippen LogP contribution < -0.4 is 9.46 Å². The van der Waals surface area contributed by atoms with E-state index in [0.29, 0.717) is 13.1 Å². The molecule has 1 N–H and O–H groups in total. The van der Waals surface area contributed by atoms with Gasteiger partial charge in [-0.25, -0.2) is 16.8 Å². The SMILES string of the molecule is COc1ccc(S(=O)(=O)N2CCCCC2)cc1NS(=O)(=O)c1cccc(Cl)c1. The van der Waals surface area contributed by atoms with Crippen LogP contribution in [0.1, 0.15) is 19.3 Å². The summed E-state index contributed by atoms with van der Waals surface area (Å²) in [4.78, 5) is -0.0228. The van der Waals surface area contributed by atoms with Gasteiger partial charge in [-0.1, -0.05) is 24.1 Å². The van der Waals surface area contributed by atoms with Gasteiger partial charge in [0.2, 0.25) is 10.0 Å². The van der Waals surface area contributed by atoms with Crippen molar-refractivity contribution in [1.82, 2.24) is 4.31 Å². The van der Waals surface area contributed by atoms with Crippen molar-refractivity contribution in [1.29, 1.82) is 0 Å². The Morgan fingerprint density at radius 1 is 0.964 bits per heavy atom. The quantitative estimate of drug-likeness (QED) is 0.737. The second kappa shape index (κ2) is 8.28. The molecule has 0 unspecified atom stereocenters. The van der Waals surface area contributed by atoms with Crippen LogP contribution in [0.15, 0.2) is 52.3 Å². The number of piperidine rings is 1. The highest BCUT2D eigenvalue weighted by Gasteiger charge is 2.27. The zero-order valence-electron chi connectivity index (χ0n) is 15.3. The van der Waals surface area contributed by atoms with E-state index in [-0.39, 0.29) is 26.3 Å². The van der Waals surface area contributed by atoms with Crippen LogP contribution in [-0.4, -0.2) is 41.3 Å². The van der Waals surface area contributed by atoms with Crippen LogP contribution in [0.3, 0.4) is 0 Å². The molecule has 0 aliphatic carbocycles. The van der Waals surface area contributed by atoms with E-state index in [1.807, 2.05) is 0 Å². The maximum atomic E-state index is 12.9. The first-order valence-corrected chi connectivity index (χ1v) is 12.0. The molecule has 0 spiro atoms. The van der Waals surface area contributed by atoms with Gasteiger partial charge in [-0.05, 0) is 49.2 Å². The third-order valence-corrected chi connectivity index (χ3v) is 7.97. The average Bonchev–Trinajstić information content (AvgIpc) is 2.68. The summed E-state index contributed by atoms with van der Waals surface area (Å²) in [5.74, 6) is 0.211. The Bertz CT molecular complexity index is 1070. The number of benzene rings is 2. The number of rotatable bonds is 6. The third kappa shape index (κ3) is 4.43. The molecule has 28 heavy (non-hydrogen) atoms. The summed E-state index contributed by atoms with van der Waals surface area (Å²) >= 11 is 5.88. The standard InChI is InChI=1S/C18H21ClN2O5S2/c1-26-18-9-8-16(28(24,25)21-10-3-2-4-11-21)13-17(18)20-27(22,23)15-7-5-6-14(19)12-15/h5-9,12-13,20H,2-4,10-11H2,1H3. The molecule has 1 heterocycles. The largest absolute Gasteiger partial charge is 0.495 e. The van der Waals surface area contributed by atoms with Crippen molar-refractivity contribution in [3.05, 3.63) is 47.5 Å². The van der Waals surface area contributed by atoms with Crippen molar-refractivity contribution >= 4 is 37.3 Å². The van der Waals surface area contributed by atoms with Crippen molar-refractivity contribution in [3.8, 4) is 5.75 Å². The zero-order chi connectivity index (χ0) is 20.4. The van der Waals surface area contributed by atoms with Gasteiger partial charge in [0, 0.05) is 18.1 Å². The first kappa shape index (κ1) is 20.9. The van der Waals surface area contributed by atoms with E-state index in [1.54, 1.807) is 6.07 Å². The van der Waals surface area contributed by atoms with Crippen molar-refractivity contribution in [2.45, 2.75) is 29.1 Å². The van der Waals surface area contributed by atoms with E-state index < -0.39 is 20.0 Å². The monoisotopic (exact) mass is 444 g/mol. The number of anilines is 1. The maximum Gasteiger partial charge on any atom is 0.262 e. The molecule has 2 aromatic rings. The molecule has 152 valence electrons. The summed E-state index contributed by atoms with van der Waals surface area (Å²) in [6, 6.07) is 9.93. The Balaban J connectivity index is 1.98. The molecule has 2 aromatic carbocycles. The molecule has 1 aliphatic heterocycles. The molecular formula is C18H21ClN2O5S2. The molecule has 10 heteroatoms. The molecule has 0 radical (unpaired) electrons. The van der Waals surface area contributed by atoms with Gasteiger partial charge in [-0.3, -0.25) is 4.72 Å². The number of methoxy groups -OCH3 is 1. The van der Waals surface area contributed by atoms with Crippen molar-refractivity contribution < 1.29 is 21.6 Å². The number of halogens is 1. The average molecular weight is 445 g/mol. The van der Waals surface area contributed by atoms with E-state index in [1.165, 1.54) is 47.8 Å². The summed E-state index contributed by atoms with van der Waals surface area (Å²) in [5, 5.41) is 0.274. The smallest absolute Gasteiger partial charge is 0.262 e. The minimum absolute atomic E-state index is 0.0130. The summed E-state index contributed by atoms with van der Waals surface area (Å²) in [6.07, 6.45) is 2.62. The summed E-state index contributed by atoms with van der Waals surface area (Å²) in [5.41, 5.74) is 0.0422. The van der Waals surface area contributed by atoms with Gasteiger partial charge in [-0.15, -0.1) is 0 Å². The van der Waals surface area contributed by atoms with E-state index in [0.717, 1.165) is 19.3 Å². The van der Waals surface area contributed by atoms with Gasteiger partial charge in [0.1, 0.15) is 5.75 Å². The van der Waals surface area contributed by atoms with Crippen LogP contribution in [0.5, 0.6) is 5.75 Å². The fourth-order valence-corrected chi connectivity index (χ4v) is 5.93. The molecule has 0 atom stereocenters. The molecule has 3 rings (SSSR count). The van der Waals surface area contributed by atoms with Crippen molar-refractivity contribution in [3.63, 3.8) is 0 Å². The van der Waals surface area contributed by atoms with E-state index in [4.69, 9.17) is 16.3 Å².